The van der Waals surface area contributed by atoms with Crippen molar-refractivity contribution < 1.29 is 0 Å². The molecule has 218 valence electrons. The van der Waals surface area contributed by atoms with Gasteiger partial charge in [0.2, 0.25) is 0 Å². The molecule has 0 saturated heterocycles. The molecule has 0 amide bonds. The summed E-state index contributed by atoms with van der Waals surface area (Å²) in [5, 5.41) is 10.3. The van der Waals surface area contributed by atoms with E-state index in [1.54, 1.807) is 0 Å². The Labute approximate surface area is 274 Å². The molecule has 0 aromatic heterocycles. The maximum atomic E-state index is 2.46. The van der Waals surface area contributed by atoms with Crippen LogP contribution in [0.25, 0.3) is 65.3 Å². The molecule has 0 nitrogen and oxygen atoms in total. The smallest absolute Gasteiger partial charge is 0.0622 e. The average Bonchev–Trinajstić information content (AvgIpc) is 3.15. The van der Waals surface area contributed by atoms with E-state index in [9.17, 15) is 0 Å². The van der Waals surface area contributed by atoms with Gasteiger partial charge in [0.05, 0.1) is 5.41 Å². The molecular formula is C47H30. The Balaban J connectivity index is 1.29. The van der Waals surface area contributed by atoms with Crippen molar-refractivity contribution in [3.63, 3.8) is 0 Å². The molecule has 0 saturated carbocycles. The van der Waals surface area contributed by atoms with Crippen molar-refractivity contribution >= 4 is 43.1 Å². The Morgan fingerprint density at radius 2 is 0.936 bits per heavy atom. The molecule has 1 aliphatic carbocycles. The topological polar surface area (TPSA) is 0 Å². The highest BCUT2D eigenvalue weighted by Gasteiger charge is 2.44. The van der Waals surface area contributed by atoms with Gasteiger partial charge in [-0.15, -0.1) is 0 Å². The summed E-state index contributed by atoms with van der Waals surface area (Å²) in [6, 6.07) is 67.7. The van der Waals surface area contributed by atoms with Crippen LogP contribution in [-0.2, 0) is 5.41 Å². The molecule has 1 aliphatic rings. The first-order chi connectivity index (χ1) is 23.3. The third-order valence-electron chi connectivity index (χ3n) is 10.5. The van der Waals surface area contributed by atoms with Gasteiger partial charge in [-0.3, -0.25) is 0 Å². The molecule has 0 unspecified atom stereocenters. The Morgan fingerprint density at radius 1 is 0.298 bits per heavy atom. The normalized spacial score (nSPS) is 13.3. The van der Waals surface area contributed by atoms with E-state index in [2.05, 4.69) is 182 Å². The predicted octanol–water partition coefficient (Wildman–Crippen LogP) is 12.3. The van der Waals surface area contributed by atoms with Crippen LogP contribution in [0.1, 0.15) is 22.3 Å². The van der Waals surface area contributed by atoms with E-state index in [-0.39, 0.29) is 0 Å². The highest BCUT2D eigenvalue weighted by molar-refractivity contribution is 6.15. The molecule has 9 aromatic rings. The quantitative estimate of drug-likeness (QED) is 0.141. The molecule has 0 radical (unpaired) electrons. The van der Waals surface area contributed by atoms with Crippen molar-refractivity contribution in [2.45, 2.75) is 5.41 Å². The molecule has 0 heterocycles. The number of hydrogen-bond acceptors (Lipinski definition) is 0. The lowest BCUT2D eigenvalue weighted by Gasteiger charge is -2.42. The van der Waals surface area contributed by atoms with E-state index >= 15 is 0 Å². The van der Waals surface area contributed by atoms with Crippen molar-refractivity contribution in [2.24, 2.45) is 0 Å². The van der Waals surface area contributed by atoms with Gasteiger partial charge in [-0.05, 0) is 106 Å². The molecule has 9 aromatic carbocycles. The highest BCUT2D eigenvalue weighted by atomic mass is 14.4. The standard InChI is InChI=1S/C47H30/c1-3-16-36(17-4-1)47(37-18-5-2-6-19-37)44-27-25-35(30-43(44)41-22-9-14-31-15-10-23-45(47)46(31)41)38-20-11-21-39-40(38)26-24-34-28-32-12-7-8-13-33(32)29-42(34)39/h1-30H. The lowest BCUT2D eigenvalue weighted by atomic mass is 9.59. The van der Waals surface area contributed by atoms with Crippen LogP contribution in [-0.4, -0.2) is 0 Å². The van der Waals surface area contributed by atoms with E-state index in [4.69, 9.17) is 0 Å². The van der Waals surface area contributed by atoms with Crippen molar-refractivity contribution in [3.8, 4) is 22.3 Å². The van der Waals surface area contributed by atoms with Crippen LogP contribution in [0.5, 0.6) is 0 Å². The number of benzene rings is 9. The zero-order chi connectivity index (χ0) is 31.0. The second-order valence-electron chi connectivity index (χ2n) is 12.8. The Bertz CT molecular complexity index is 2620. The van der Waals surface area contributed by atoms with Gasteiger partial charge in [-0.2, -0.15) is 0 Å². The van der Waals surface area contributed by atoms with Crippen molar-refractivity contribution in [2.75, 3.05) is 0 Å². The third kappa shape index (κ3) is 3.70. The number of rotatable bonds is 3. The first-order valence-electron chi connectivity index (χ1n) is 16.4. The van der Waals surface area contributed by atoms with Crippen LogP contribution in [0.2, 0.25) is 0 Å². The zero-order valence-electron chi connectivity index (χ0n) is 25.8. The minimum Gasteiger partial charge on any atom is -0.0622 e. The van der Waals surface area contributed by atoms with Crippen LogP contribution in [0, 0.1) is 0 Å². The van der Waals surface area contributed by atoms with E-state index in [1.165, 1.54) is 87.6 Å². The summed E-state index contributed by atoms with van der Waals surface area (Å²) >= 11 is 0. The van der Waals surface area contributed by atoms with Crippen LogP contribution < -0.4 is 0 Å². The van der Waals surface area contributed by atoms with Gasteiger partial charge >= 0.3 is 0 Å². The lowest BCUT2D eigenvalue weighted by Crippen LogP contribution is -2.33. The molecule has 0 bridgehead atoms. The first-order valence-corrected chi connectivity index (χ1v) is 16.4. The van der Waals surface area contributed by atoms with Gasteiger partial charge in [0.1, 0.15) is 0 Å². The van der Waals surface area contributed by atoms with Gasteiger partial charge in [0.15, 0.2) is 0 Å². The minimum absolute atomic E-state index is 0.458. The fourth-order valence-electron chi connectivity index (χ4n) is 8.48. The van der Waals surface area contributed by atoms with Gasteiger partial charge in [-0.25, -0.2) is 0 Å². The summed E-state index contributed by atoms with van der Waals surface area (Å²) in [5.41, 5.74) is 9.86. The summed E-state index contributed by atoms with van der Waals surface area (Å²) in [6.45, 7) is 0. The molecule has 0 atom stereocenters. The maximum absolute atomic E-state index is 2.46. The molecule has 0 spiro atoms. The molecular weight excluding hydrogens is 565 g/mol. The van der Waals surface area contributed by atoms with Gasteiger partial charge < -0.3 is 0 Å². The molecule has 10 rings (SSSR count). The van der Waals surface area contributed by atoms with Crippen LogP contribution in [0.15, 0.2) is 182 Å². The van der Waals surface area contributed by atoms with Gasteiger partial charge in [0.25, 0.3) is 0 Å². The second kappa shape index (κ2) is 10.0. The lowest BCUT2D eigenvalue weighted by molar-refractivity contribution is 0.750. The summed E-state index contributed by atoms with van der Waals surface area (Å²) in [5.74, 6) is 0. The van der Waals surface area contributed by atoms with Crippen molar-refractivity contribution in [1.82, 2.24) is 0 Å². The van der Waals surface area contributed by atoms with Gasteiger partial charge in [0, 0.05) is 0 Å². The van der Waals surface area contributed by atoms with E-state index in [0.717, 1.165) is 0 Å². The maximum Gasteiger partial charge on any atom is 0.0713 e. The highest BCUT2D eigenvalue weighted by Crippen LogP contribution is 2.56. The number of hydrogen-bond donors (Lipinski definition) is 0. The van der Waals surface area contributed by atoms with E-state index in [1.807, 2.05) is 0 Å². The third-order valence-corrected chi connectivity index (χ3v) is 10.5. The van der Waals surface area contributed by atoms with Crippen molar-refractivity contribution in [1.29, 1.82) is 0 Å². The van der Waals surface area contributed by atoms with Crippen molar-refractivity contribution in [3.05, 3.63) is 204 Å². The minimum atomic E-state index is -0.458. The summed E-state index contributed by atoms with van der Waals surface area (Å²) in [4.78, 5) is 0. The average molecular weight is 595 g/mol. The van der Waals surface area contributed by atoms with Crippen LogP contribution in [0.4, 0.5) is 0 Å². The zero-order valence-corrected chi connectivity index (χ0v) is 25.8. The molecule has 0 heteroatoms. The monoisotopic (exact) mass is 594 g/mol. The predicted molar refractivity (Wildman–Crippen MR) is 199 cm³/mol. The molecule has 47 heavy (non-hydrogen) atoms. The van der Waals surface area contributed by atoms with Crippen LogP contribution >= 0.6 is 0 Å². The second-order valence-corrected chi connectivity index (χ2v) is 12.8. The SMILES string of the molecule is c1ccc(C2(c3ccccc3)c3ccc(-c4cccc5c4ccc4cc6ccccc6cc45)cc3-c3cccc4cccc2c34)cc1. The Hall–Kier alpha value is -5.98. The van der Waals surface area contributed by atoms with Crippen LogP contribution in [0.3, 0.4) is 0 Å². The van der Waals surface area contributed by atoms with Gasteiger partial charge in [-0.1, -0.05) is 164 Å². The number of fused-ring (bicyclic) bond motifs is 6. The molecule has 0 N–H and O–H groups in total. The Kier molecular flexibility index (Phi) is 5.59. The fourth-order valence-corrected chi connectivity index (χ4v) is 8.48. The molecule has 0 aliphatic heterocycles. The summed E-state index contributed by atoms with van der Waals surface area (Å²) in [7, 11) is 0. The fraction of sp³-hybridized carbons (Fsp3) is 0.0213. The Morgan fingerprint density at radius 3 is 1.70 bits per heavy atom. The summed E-state index contributed by atoms with van der Waals surface area (Å²) < 4.78 is 0. The summed E-state index contributed by atoms with van der Waals surface area (Å²) in [6.07, 6.45) is 0. The largest absolute Gasteiger partial charge is 0.0713 e. The first kappa shape index (κ1) is 26.3. The van der Waals surface area contributed by atoms with E-state index < -0.39 is 5.41 Å². The molecule has 0 fully saturated rings. The van der Waals surface area contributed by atoms with E-state index in [0.29, 0.717) is 0 Å².